The molecule has 18 heavy (non-hydrogen) atoms. The van der Waals surface area contributed by atoms with Crippen LogP contribution in [-0.4, -0.2) is 11.9 Å². The summed E-state index contributed by atoms with van der Waals surface area (Å²) in [4.78, 5) is 11.1. The minimum atomic E-state index is -0.109. The highest BCUT2D eigenvalue weighted by atomic mass is 35.5. The van der Waals surface area contributed by atoms with Gasteiger partial charge < -0.3 is 4.74 Å². The van der Waals surface area contributed by atoms with Gasteiger partial charge in [0.1, 0.15) is 17.6 Å². The lowest BCUT2D eigenvalue weighted by Crippen LogP contribution is -2.16. The van der Waals surface area contributed by atoms with E-state index in [2.05, 4.69) is 13.8 Å². The third-order valence-corrected chi connectivity index (χ3v) is 3.15. The van der Waals surface area contributed by atoms with Gasteiger partial charge in [0.15, 0.2) is 0 Å². The Hall–Kier alpha value is -1.02. The first-order chi connectivity index (χ1) is 8.31. The maximum Gasteiger partial charge on any atom is 0.133 e. The summed E-state index contributed by atoms with van der Waals surface area (Å²) in [5.41, 5.74) is 2.08. The Kier molecular flexibility index (Phi) is 5.21. The Morgan fingerprint density at radius 3 is 2.44 bits per heavy atom. The van der Waals surface area contributed by atoms with Gasteiger partial charge in [-0.2, -0.15) is 0 Å². The normalized spacial score (nSPS) is 12.6. The minimum absolute atomic E-state index is 0.109. The summed E-state index contributed by atoms with van der Waals surface area (Å²) in [6.07, 6.45) is 0.321. The summed E-state index contributed by atoms with van der Waals surface area (Å²) in [7, 11) is 0. The molecule has 1 aromatic carbocycles. The lowest BCUT2D eigenvalue weighted by Gasteiger charge is -2.18. The summed E-state index contributed by atoms with van der Waals surface area (Å²) < 4.78 is 5.82. The molecule has 1 atom stereocenters. The van der Waals surface area contributed by atoms with Crippen molar-refractivity contribution in [2.75, 3.05) is 0 Å². The Morgan fingerprint density at radius 1 is 1.33 bits per heavy atom. The Bertz CT molecular complexity index is 438. The minimum Gasteiger partial charge on any atom is -0.490 e. The molecule has 0 fully saturated rings. The van der Waals surface area contributed by atoms with Crippen LogP contribution in [0.15, 0.2) is 12.1 Å². The third kappa shape index (κ3) is 4.02. The van der Waals surface area contributed by atoms with Gasteiger partial charge in [-0.3, -0.25) is 4.79 Å². The molecular weight excluding hydrogens is 248 g/mol. The van der Waals surface area contributed by atoms with E-state index in [-0.39, 0.29) is 11.9 Å². The molecule has 0 amide bonds. The maximum atomic E-state index is 11.1. The van der Waals surface area contributed by atoms with Gasteiger partial charge in [0.05, 0.1) is 0 Å². The van der Waals surface area contributed by atoms with E-state index < -0.39 is 0 Å². The zero-order valence-electron chi connectivity index (χ0n) is 11.7. The molecule has 100 valence electrons. The molecular formula is C15H21ClO2. The molecule has 0 aliphatic rings. The molecule has 0 heterocycles. The van der Waals surface area contributed by atoms with Gasteiger partial charge >= 0.3 is 0 Å². The van der Waals surface area contributed by atoms with Crippen molar-refractivity contribution in [1.82, 2.24) is 0 Å². The van der Waals surface area contributed by atoms with Gasteiger partial charge in [0.2, 0.25) is 0 Å². The number of halogens is 1. The number of rotatable bonds is 5. The molecule has 0 aromatic heterocycles. The molecule has 0 radical (unpaired) electrons. The van der Waals surface area contributed by atoms with Gasteiger partial charge in [-0.1, -0.05) is 25.4 Å². The van der Waals surface area contributed by atoms with E-state index in [9.17, 15) is 4.79 Å². The van der Waals surface area contributed by atoms with Crippen molar-refractivity contribution in [3.63, 3.8) is 0 Å². The predicted molar refractivity (Wildman–Crippen MR) is 75.7 cm³/mol. The van der Waals surface area contributed by atoms with Crippen LogP contribution in [0.4, 0.5) is 0 Å². The number of hydrogen-bond donors (Lipinski definition) is 0. The van der Waals surface area contributed by atoms with Gasteiger partial charge in [0.25, 0.3) is 0 Å². The second-order valence-corrected chi connectivity index (χ2v) is 5.54. The monoisotopic (exact) mass is 268 g/mol. The number of aryl methyl sites for hydroxylation is 1. The smallest absolute Gasteiger partial charge is 0.133 e. The third-order valence-electron chi connectivity index (χ3n) is 2.82. The van der Waals surface area contributed by atoms with E-state index >= 15 is 0 Å². The average molecular weight is 269 g/mol. The zero-order chi connectivity index (χ0) is 13.9. The first-order valence-corrected chi connectivity index (χ1v) is 6.65. The molecule has 0 saturated heterocycles. The number of ether oxygens (including phenoxy) is 1. The Balaban J connectivity index is 2.95. The van der Waals surface area contributed by atoms with Gasteiger partial charge in [-0.05, 0) is 49.9 Å². The fraction of sp³-hybridized carbons (Fsp3) is 0.533. The summed E-state index contributed by atoms with van der Waals surface area (Å²) in [6.45, 7) is 9.64. The second-order valence-electron chi connectivity index (χ2n) is 5.13. The fourth-order valence-electron chi connectivity index (χ4n) is 1.90. The molecule has 0 N–H and O–H groups in total. The number of carbonyl (C=O) groups excluding carboxylic acids is 1. The van der Waals surface area contributed by atoms with Crippen molar-refractivity contribution in [1.29, 1.82) is 0 Å². The van der Waals surface area contributed by atoms with Crippen LogP contribution in [0.1, 0.15) is 51.2 Å². The molecule has 0 bridgehead atoms. The fourth-order valence-corrected chi connectivity index (χ4v) is 2.34. The number of ketones is 1. The van der Waals surface area contributed by atoms with Crippen LogP contribution >= 0.6 is 11.6 Å². The van der Waals surface area contributed by atoms with E-state index in [4.69, 9.17) is 16.3 Å². The second kappa shape index (κ2) is 6.24. The Morgan fingerprint density at radius 2 is 1.94 bits per heavy atom. The largest absolute Gasteiger partial charge is 0.490 e. The summed E-state index contributed by atoms with van der Waals surface area (Å²) in [5, 5.41) is 0.772. The lowest BCUT2D eigenvalue weighted by atomic mass is 10.0. The van der Waals surface area contributed by atoms with Crippen molar-refractivity contribution in [2.45, 2.75) is 53.1 Å². The molecule has 2 nitrogen and oxygen atoms in total. The SMILES string of the molecule is CC(=O)CC(C)Oc1cc(C(C)C)c(Cl)cc1C. The van der Waals surface area contributed by atoms with Crippen LogP contribution in [0.5, 0.6) is 5.75 Å². The van der Waals surface area contributed by atoms with Gasteiger partial charge in [-0.25, -0.2) is 0 Å². The van der Waals surface area contributed by atoms with E-state index in [1.165, 1.54) is 0 Å². The average Bonchev–Trinajstić information content (AvgIpc) is 2.20. The van der Waals surface area contributed by atoms with Crippen LogP contribution in [-0.2, 0) is 4.79 Å². The van der Waals surface area contributed by atoms with Crippen LogP contribution in [0.25, 0.3) is 0 Å². The molecule has 3 heteroatoms. The highest BCUT2D eigenvalue weighted by Gasteiger charge is 2.13. The van der Waals surface area contributed by atoms with Gasteiger partial charge in [-0.15, -0.1) is 0 Å². The summed E-state index contributed by atoms with van der Waals surface area (Å²) >= 11 is 6.21. The first kappa shape index (κ1) is 15.0. The number of Topliss-reactive ketones (excluding diaryl/α,β-unsaturated/α-hetero) is 1. The maximum absolute atomic E-state index is 11.1. The Labute approximate surface area is 114 Å². The summed E-state index contributed by atoms with van der Waals surface area (Å²) in [6, 6.07) is 3.91. The molecule has 1 unspecified atom stereocenters. The van der Waals surface area contributed by atoms with Crippen molar-refractivity contribution in [2.24, 2.45) is 0 Å². The number of carbonyl (C=O) groups is 1. The van der Waals surface area contributed by atoms with Crippen molar-refractivity contribution in [3.05, 3.63) is 28.3 Å². The van der Waals surface area contributed by atoms with Crippen LogP contribution in [0, 0.1) is 6.92 Å². The van der Waals surface area contributed by atoms with Crippen molar-refractivity contribution < 1.29 is 9.53 Å². The molecule has 0 aliphatic heterocycles. The topological polar surface area (TPSA) is 26.3 Å². The van der Waals surface area contributed by atoms with E-state index in [0.717, 1.165) is 21.9 Å². The van der Waals surface area contributed by atoms with Crippen LogP contribution in [0.2, 0.25) is 5.02 Å². The van der Waals surface area contributed by atoms with Crippen molar-refractivity contribution >= 4 is 17.4 Å². The highest BCUT2D eigenvalue weighted by Crippen LogP contribution is 2.32. The molecule has 1 rings (SSSR count). The molecule has 0 saturated carbocycles. The van der Waals surface area contributed by atoms with Crippen LogP contribution < -0.4 is 4.74 Å². The van der Waals surface area contributed by atoms with Crippen LogP contribution in [0.3, 0.4) is 0 Å². The molecule has 0 spiro atoms. The first-order valence-electron chi connectivity index (χ1n) is 6.27. The summed E-state index contributed by atoms with van der Waals surface area (Å²) in [5.74, 6) is 1.30. The predicted octanol–water partition coefficient (Wildman–Crippen LogP) is 4.52. The molecule has 0 aliphatic carbocycles. The standard InChI is InChI=1S/C15H21ClO2/c1-9(2)13-8-15(10(3)6-14(13)16)18-12(5)7-11(4)17/h6,8-9,12H,7H2,1-5H3. The van der Waals surface area contributed by atoms with Crippen molar-refractivity contribution in [3.8, 4) is 5.75 Å². The van der Waals surface area contributed by atoms with E-state index in [1.54, 1.807) is 6.92 Å². The highest BCUT2D eigenvalue weighted by molar-refractivity contribution is 6.31. The quantitative estimate of drug-likeness (QED) is 0.785. The number of benzene rings is 1. The number of hydrogen-bond acceptors (Lipinski definition) is 2. The van der Waals surface area contributed by atoms with Gasteiger partial charge in [0, 0.05) is 11.4 Å². The lowest BCUT2D eigenvalue weighted by molar-refractivity contribution is -0.118. The van der Waals surface area contributed by atoms with E-state index in [1.807, 2.05) is 26.0 Å². The zero-order valence-corrected chi connectivity index (χ0v) is 12.5. The molecule has 1 aromatic rings. The van der Waals surface area contributed by atoms with E-state index in [0.29, 0.717) is 12.3 Å².